The van der Waals surface area contributed by atoms with Gasteiger partial charge in [0.2, 0.25) is 0 Å². The van der Waals surface area contributed by atoms with Gasteiger partial charge in [-0.1, -0.05) is 55.5 Å². The van der Waals surface area contributed by atoms with Gasteiger partial charge in [-0.05, 0) is 16.3 Å². The molecule has 0 aliphatic rings. The first-order valence-electron chi connectivity index (χ1n) is 7.64. The molecular weight excluding hydrogens is 300 g/mol. The van der Waals surface area contributed by atoms with E-state index in [1.54, 1.807) is 6.92 Å². The number of carbonyl (C=O) groups is 1. The van der Waals surface area contributed by atoms with E-state index in [2.05, 4.69) is 12.1 Å². The zero-order valence-corrected chi connectivity index (χ0v) is 13.1. The van der Waals surface area contributed by atoms with Crippen molar-refractivity contribution in [3.05, 3.63) is 54.1 Å². The Morgan fingerprint density at radius 1 is 0.958 bits per heavy atom. The number of carbonyl (C=O) groups excluding carboxylic acids is 1. The summed E-state index contributed by atoms with van der Waals surface area (Å²) in [6.07, 6.45) is 0.267. The highest BCUT2D eigenvalue weighted by atomic mass is 16.5. The van der Waals surface area contributed by atoms with Crippen LogP contribution in [0.3, 0.4) is 0 Å². The van der Waals surface area contributed by atoms with Crippen LogP contribution in [0.5, 0.6) is 5.75 Å². The maximum Gasteiger partial charge on any atom is 0.310 e. The summed E-state index contributed by atoms with van der Waals surface area (Å²) in [5, 5.41) is 21.7. The molecular formula is C20H14N2O2. The summed E-state index contributed by atoms with van der Waals surface area (Å²) in [5.74, 6) is -0.739. The molecule has 3 rings (SSSR count). The molecule has 0 spiro atoms. The standard InChI is InChI=1S/C20H14N2O2/c1-2-18(23)24-20-16-9-5-3-7-14(16)19(13(11-21)12-22)15-8-4-6-10-17(15)20/h3-10,13H,2H2,1H3. The van der Waals surface area contributed by atoms with E-state index in [0.29, 0.717) is 11.3 Å². The van der Waals surface area contributed by atoms with Gasteiger partial charge in [-0.3, -0.25) is 4.79 Å². The molecule has 4 nitrogen and oxygen atoms in total. The first-order chi connectivity index (χ1) is 11.7. The zero-order chi connectivity index (χ0) is 17.1. The van der Waals surface area contributed by atoms with Crippen LogP contribution in [0.15, 0.2) is 48.5 Å². The SMILES string of the molecule is CCC(=O)Oc1c2ccccc2c(C(C#N)C#N)c2ccccc12. The average Bonchev–Trinajstić information content (AvgIpc) is 2.64. The molecule has 4 heteroatoms. The number of hydrogen-bond acceptors (Lipinski definition) is 4. The van der Waals surface area contributed by atoms with Gasteiger partial charge in [-0.25, -0.2) is 0 Å². The third-order valence-corrected chi connectivity index (χ3v) is 3.98. The van der Waals surface area contributed by atoms with Crippen molar-refractivity contribution in [2.75, 3.05) is 0 Å². The van der Waals surface area contributed by atoms with Crippen molar-refractivity contribution in [2.24, 2.45) is 0 Å². The van der Waals surface area contributed by atoms with E-state index in [9.17, 15) is 15.3 Å². The van der Waals surface area contributed by atoms with E-state index in [-0.39, 0.29) is 12.4 Å². The lowest BCUT2D eigenvalue weighted by Gasteiger charge is -2.16. The van der Waals surface area contributed by atoms with Crippen molar-refractivity contribution in [3.63, 3.8) is 0 Å². The summed E-state index contributed by atoms with van der Waals surface area (Å²) in [4.78, 5) is 11.9. The largest absolute Gasteiger partial charge is 0.425 e. The first kappa shape index (κ1) is 15.5. The Hall–Kier alpha value is -3.37. The molecule has 0 radical (unpaired) electrons. The summed E-state index contributed by atoms with van der Waals surface area (Å²) in [7, 11) is 0. The van der Waals surface area contributed by atoms with Gasteiger partial charge in [-0.15, -0.1) is 0 Å². The fourth-order valence-corrected chi connectivity index (χ4v) is 2.89. The van der Waals surface area contributed by atoms with Gasteiger partial charge >= 0.3 is 5.97 Å². The third-order valence-electron chi connectivity index (χ3n) is 3.98. The Morgan fingerprint density at radius 2 is 1.42 bits per heavy atom. The second-order valence-electron chi connectivity index (χ2n) is 5.35. The highest BCUT2D eigenvalue weighted by Crippen LogP contribution is 2.41. The van der Waals surface area contributed by atoms with Crippen LogP contribution in [0.25, 0.3) is 21.5 Å². The molecule has 0 aliphatic carbocycles. The van der Waals surface area contributed by atoms with Crippen LogP contribution >= 0.6 is 0 Å². The Labute approximate surface area is 139 Å². The van der Waals surface area contributed by atoms with E-state index in [4.69, 9.17) is 4.74 Å². The van der Waals surface area contributed by atoms with Crippen molar-refractivity contribution < 1.29 is 9.53 Å². The minimum atomic E-state index is -0.893. The zero-order valence-electron chi connectivity index (χ0n) is 13.1. The summed E-state index contributed by atoms with van der Waals surface area (Å²) in [5.41, 5.74) is 0.655. The van der Waals surface area contributed by atoms with E-state index < -0.39 is 5.92 Å². The van der Waals surface area contributed by atoms with Gasteiger partial charge in [0.1, 0.15) is 5.75 Å². The van der Waals surface area contributed by atoms with E-state index in [1.165, 1.54) is 0 Å². The molecule has 0 N–H and O–H groups in total. The lowest BCUT2D eigenvalue weighted by molar-refractivity contribution is -0.133. The Bertz CT molecular complexity index is 954. The fourth-order valence-electron chi connectivity index (χ4n) is 2.89. The number of rotatable bonds is 3. The van der Waals surface area contributed by atoms with Gasteiger partial charge in [-0.2, -0.15) is 10.5 Å². The van der Waals surface area contributed by atoms with Gasteiger partial charge in [0.15, 0.2) is 5.92 Å². The summed E-state index contributed by atoms with van der Waals surface area (Å²) in [6, 6.07) is 18.9. The normalized spacial score (nSPS) is 10.5. The monoisotopic (exact) mass is 314 g/mol. The van der Waals surface area contributed by atoms with Gasteiger partial charge in [0.25, 0.3) is 0 Å². The molecule has 0 bridgehead atoms. The molecule has 3 aromatic rings. The number of ether oxygens (including phenoxy) is 1. The van der Waals surface area contributed by atoms with Gasteiger partial charge in [0.05, 0.1) is 12.1 Å². The number of hydrogen-bond donors (Lipinski definition) is 0. The third kappa shape index (κ3) is 2.45. The maximum absolute atomic E-state index is 11.9. The van der Waals surface area contributed by atoms with Crippen molar-refractivity contribution in [3.8, 4) is 17.9 Å². The van der Waals surface area contributed by atoms with E-state index in [1.807, 2.05) is 48.5 Å². The predicted molar refractivity (Wildman–Crippen MR) is 91.3 cm³/mol. The number of esters is 1. The maximum atomic E-state index is 11.9. The molecule has 0 saturated carbocycles. The van der Waals surface area contributed by atoms with Crippen LogP contribution in [0.1, 0.15) is 24.8 Å². The smallest absolute Gasteiger partial charge is 0.310 e. The van der Waals surface area contributed by atoms with E-state index >= 15 is 0 Å². The molecule has 0 amide bonds. The minimum Gasteiger partial charge on any atom is -0.425 e. The number of fused-ring (bicyclic) bond motifs is 2. The molecule has 0 fully saturated rings. The molecule has 116 valence electrons. The Balaban J connectivity index is 2.49. The lowest BCUT2D eigenvalue weighted by atomic mass is 9.89. The van der Waals surface area contributed by atoms with Crippen LogP contribution < -0.4 is 4.74 Å². The summed E-state index contributed by atoms with van der Waals surface area (Å²) in [6.45, 7) is 1.74. The average molecular weight is 314 g/mol. The summed E-state index contributed by atoms with van der Waals surface area (Å²) < 4.78 is 5.59. The molecule has 24 heavy (non-hydrogen) atoms. The molecule has 0 atom stereocenters. The van der Waals surface area contributed by atoms with Gasteiger partial charge in [0, 0.05) is 17.2 Å². The Morgan fingerprint density at radius 3 is 1.83 bits per heavy atom. The first-order valence-corrected chi connectivity index (χ1v) is 7.64. The molecule has 0 aromatic heterocycles. The molecule has 0 aliphatic heterocycles. The lowest BCUT2D eigenvalue weighted by Crippen LogP contribution is -2.07. The highest BCUT2D eigenvalue weighted by molar-refractivity contribution is 6.10. The molecule has 3 aromatic carbocycles. The molecule has 0 unspecified atom stereocenters. The second kappa shape index (κ2) is 6.40. The second-order valence-corrected chi connectivity index (χ2v) is 5.35. The molecule has 0 saturated heterocycles. The quantitative estimate of drug-likeness (QED) is 0.407. The fraction of sp³-hybridized carbons (Fsp3) is 0.150. The van der Waals surface area contributed by atoms with Crippen molar-refractivity contribution in [1.82, 2.24) is 0 Å². The molecule has 0 heterocycles. The van der Waals surface area contributed by atoms with Crippen LogP contribution in [0.2, 0.25) is 0 Å². The van der Waals surface area contributed by atoms with Crippen LogP contribution in [0.4, 0.5) is 0 Å². The number of nitrogens with zero attached hydrogens (tertiary/aromatic N) is 2. The Kier molecular flexibility index (Phi) is 4.14. The van der Waals surface area contributed by atoms with Crippen LogP contribution in [-0.4, -0.2) is 5.97 Å². The number of nitriles is 2. The highest BCUT2D eigenvalue weighted by Gasteiger charge is 2.21. The van der Waals surface area contributed by atoms with Gasteiger partial charge < -0.3 is 4.74 Å². The minimum absolute atomic E-state index is 0.267. The number of benzene rings is 3. The van der Waals surface area contributed by atoms with Crippen molar-refractivity contribution in [2.45, 2.75) is 19.3 Å². The van der Waals surface area contributed by atoms with E-state index in [0.717, 1.165) is 21.5 Å². The predicted octanol–water partition coefficient (Wildman–Crippen LogP) is 4.44. The van der Waals surface area contributed by atoms with Crippen LogP contribution in [-0.2, 0) is 4.79 Å². The van der Waals surface area contributed by atoms with Crippen molar-refractivity contribution >= 4 is 27.5 Å². The topological polar surface area (TPSA) is 73.9 Å². The van der Waals surface area contributed by atoms with Crippen LogP contribution in [0, 0.1) is 22.7 Å². The van der Waals surface area contributed by atoms with Crippen molar-refractivity contribution in [1.29, 1.82) is 10.5 Å². The summed E-state index contributed by atoms with van der Waals surface area (Å²) >= 11 is 0.